The highest BCUT2D eigenvalue weighted by Crippen LogP contribution is 2.48. The number of aromatic nitrogens is 3. The van der Waals surface area contributed by atoms with E-state index < -0.39 is 17.4 Å². The number of ether oxygens (including phenoxy) is 1. The number of anilines is 3. The Morgan fingerprint density at radius 3 is 2.52 bits per heavy atom. The first-order chi connectivity index (χ1) is 25.1. The third-order valence-corrected chi connectivity index (χ3v) is 9.84. The molecule has 0 saturated carbocycles. The number of amides is 2. The summed E-state index contributed by atoms with van der Waals surface area (Å²) in [5, 5.41) is 31.1. The maximum Gasteiger partial charge on any atom is 0.269 e. The number of aryl methyl sites for hydroxylation is 1. The van der Waals surface area contributed by atoms with Gasteiger partial charge in [-0.3, -0.25) is 19.2 Å². The average Bonchev–Trinajstić information content (AvgIpc) is 3.69. The third kappa shape index (κ3) is 7.49. The summed E-state index contributed by atoms with van der Waals surface area (Å²) in [4.78, 5) is 30.8. The first-order valence-electron chi connectivity index (χ1n) is 17.9. The van der Waals surface area contributed by atoms with E-state index in [9.17, 15) is 19.8 Å². The van der Waals surface area contributed by atoms with Crippen molar-refractivity contribution in [2.45, 2.75) is 65.0 Å². The van der Waals surface area contributed by atoms with E-state index in [0.717, 1.165) is 24.0 Å². The number of hydrogen-bond acceptors (Lipinski definition) is 7. The molecule has 270 valence electrons. The molecular weight excluding hydrogens is 654 g/mol. The van der Waals surface area contributed by atoms with Crippen LogP contribution in [-0.4, -0.2) is 56.8 Å². The van der Waals surface area contributed by atoms with Crippen LogP contribution < -0.4 is 14.5 Å². The molecule has 3 heterocycles. The van der Waals surface area contributed by atoms with Crippen molar-refractivity contribution in [1.82, 2.24) is 15.0 Å². The van der Waals surface area contributed by atoms with E-state index in [0.29, 0.717) is 53.6 Å². The number of aliphatic hydroxyl groups excluding tert-OH is 1. The number of fused-ring (bicyclic) bond motifs is 2. The topological polar surface area (TPSA) is 121 Å². The van der Waals surface area contributed by atoms with E-state index >= 15 is 0 Å². The number of aliphatic hydroxyl groups is 2. The average molecular weight is 702 g/mol. The second-order valence-electron chi connectivity index (χ2n) is 13.8. The van der Waals surface area contributed by atoms with E-state index in [-0.39, 0.29) is 25.0 Å². The number of carbonyl (C=O) groups is 2. The van der Waals surface area contributed by atoms with Crippen LogP contribution in [0.1, 0.15) is 69.7 Å². The van der Waals surface area contributed by atoms with Crippen molar-refractivity contribution < 1.29 is 24.5 Å². The molecule has 10 nitrogen and oxygen atoms in total. The third-order valence-electron chi connectivity index (χ3n) is 9.84. The second-order valence-corrected chi connectivity index (χ2v) is 13.8. The summed E-state index contributed by atoms with van der Waals surface area (Å²) in [5.41, 5.74) is 4.44. The highest BCUT2D eigenvalue weighted by atomic mass is 16.5. The van der Waals surface area contributed by atoms with Gasteiger partial charge in [0.05, 0.1) is 29.6 Å². The minimum absolute atomic E-state index is 0.0790. The molecule has 2 aliphatic heterocycles. The van der Waals surface area contributed by atoms with E-state index in [1.54, 1.807) is 20.5 Å². The van der Waals surface area contributed by atoms with Crippen LogP contribution in [0, 0.1) is 5.92 Å². The molecule has 0 aliphatic carbocycles. The Labute approximate surface area is 305 Å². The quantitative estimate of drug-likeness (QED) is 0.136. The van der Waals surface area contributed by atoms with E-state index in [2.05, 4.69) is 37.2 Å². The minimum Gasteiger partial charge on any atom is -0.482 e. The van der Waals surface area contributed by atoms with Crippen LogP contribution in [-0.2, 0) is 21.7 Å². The maximum absolute atomic E-state index is 14.3. The van der Waals surface area contributed by atoms with Gasteiger partial charge in [0, 0.05) is 36.5 Å². The van der Waals surface area contributed by atoms with Crippen LogP contribution in [0.25, 0.3) is 0 Å². The zero-order valence-electron chi connectivity index (χ0n) is 30.3. The van der Waals surface area contributed by atoms with Crippen molar-refractivity contribution in [1.29, 1.82) is 0 Å². The number of rotatable bonds is 14. The van der Waals surface area contributed by atoms with E-state index in [1.165, 1.54) is 5.57 Å². The Balaban J connectivity index is 1.25. The highest BCUT2D eigenvalue weighted by molar-refractivity contribution is 6.09. The van der Waals surface area contributed by atoms with Crippen molar-refractivity contribution in [2.24, 2.45) is 5.92 Å². The normalized spacial score (nSPS) is 18.3. The SMILES string of the molecule is CC(C)=CCC/C(C)=C/CN1C(=O)[C@@](O)([C@@H](C)/C=C/CCn2cc(C(CO)c3ccccc3)nn2)c2cc(N3C(=O)COc4ccccc43)ccc21. The van der Waals surface area contributed by atoms with Crippen molar-refractivity contribution >= 4 is 28.9 Å². The molecule has 2 aliphatic rings. The number of carbonyl (C=O) groups excluding carboxylic acids is 2. The number of hydrogen-bond donors (Lipinski definition) is 2. The van der Waals surface area contributed by atoms with Crippen molar-refractivity contribution in [3.8, 4) is 5.75 Å². The standard InChI is InChI=1S/C42H47N5O5/c1-29(2)13-12-14-30(3)22-24-46-37-21-20-33(47-38-18-8-9-19-39(38)52-28-40(47)49)25-35(37)42(51,41(46)50)31(4)15-10-11-23-45-26-36(43-44-45)34(27-48)32-16-6-5-7-17-32/h5-10,13,15-22,25-26,31,34,48,51H,11-12,14,23-24,27-28H2,1-4H3/b15-10+,30-22+/t31-,34?,42+/m0/s1. The molecule has 0 bridgehead atoms. The Kier molecular flexibility index (Phi) is 11.2. The molecule has 4 aromatic rings. The predicted octanol–water partition coefficient (Wildman–Crippen LogP) is 6.97. The lowest BCUT2D eigenvalue weighted by Gasteiger charge is -2.31. The van der Waals surface area contributed by atoms with Crippen LogP contribution in [0.3, 0.4) is 0 Å². The Morgan fingerprint density at radius 1 is 0.981 bits per heavy atom. The lowest BCUT2D eigenvalue weighted by molar-refractivity contribution is -0.139. The molecule has 2 N–H and O–H groups in total. The maximum atomic E-state index is 14.3. The second kappa shape index (κ2) is 15.9. The molecule has 3 aromatic carbocycles. The van der Waals surface area contributed by atoms with Crippen LogP contribution >= 0.6 is 0 Å². The molecule has 10 heteroatoms. The first kappa shape index (κ1) is 36.5. The summed E-state index contributed by atoms with van der Waals surface area (Å²) in [6.07, 6.45) is 12.3. The summed E-state index contributed by atoms with van der Waals surface area (Å²) < 4.78 is 7.41. The lowest BCUT2D eigenvalue weighted by Crippen LogP contribution is -2.44. The van der Waals surface area contributed by atoms with Gasteiger partial charge < -0.3 is 19.8 Å². The van der Waals surface area contributed by atoms with Gasteiger partial charge in [-0.2, -0.15) is 0 Å². The Morgan fingerprint density at radius 2 is 1.75 bits per heavy atom. The fourth-order valence-electron chi connectivity index (χ4n) is 6.86. The van der Waals surface area contributed by atoms with Crippen molar-refractivity contribution in [3.63, 3.8) is 0 Å². The lowest BCUT2D eigenvalue weighted by atomic mass is 9.82. The van der Waals surface area contributed by atoms with Gasteiger partial charge in [-0.15, -0.1) is 5.10 Å². The van der Waals surface area contributed by atoms with Gasteiger partial charge in [0.25, 0.3) is 11.8 Å². The molecule has 0 spiro atoms. The van der Waals surface area contributed by atoms with Gasteiger partial charge in [0.2, 0.25) is 0 Å². The summed E-state index contributed by atoms with van der Waals surface area (Å²) in [7, 11) is 0. The van der Waals surface area contributed by atoms with Gasteiger partial charge in [0.1, 0.15) is 5.75 Å². The number of nitrogens with zero attached hydrogens (tertiary/aromatic N) is 5. The molecule has 52 heavy (non-hydrogen) atoms. The molecule has 0 saturated heterocycles. The summed E-state index contributed by atoms with van der Waals surface area (Å²) >= 11 is 0. The molecule has 1 aromatic heterocycles. The summed E-state index contributed by atoms with van der Waals surface area (Å²) in [6.45, 7) is 8.71. The zero-order valence-corrected chi connectivity index (χ0v) is 30.3. The molecule has 0 fully saturated rings. The van der Waals surface area contributed by atoms with Crippen LogP contribution in [0.4, 0.5) is 17.1 Å². The minimum atomic E-state index is -1.87. The van der Waals surface area contributed by atoms with Gasteiger partial charge in [0.15, 0.2) is 12.2 Å². The van der Waals surface area contributed by atoms with E-state index in [1.807, 2.05) is 98.1 Å². The van der Waals surface area contributed by atoms with Gasteiger partial charge in [-0.25, -0.2) is 0 Å². The van der Waals surface area contributed by atoms with Gasteiger partial charge >= 0.3 is 0 Å². The van der Waals surface area contributed by atoms with Crippen molar-refractivity contribution in [3.05, 3.63) is 131 Å². The fraction of sp³-hybridized carbons (Fsp3) is 0.333. The highest BCUT2D eigenvalue weighted by Gasteiger charge is 2.52. The van der Waals surface area contributed by atoms with E-state index in [4.69, 9.17) is 4.74 Å². The summed E-state index contributed by atoms with van der Waals surface area (Å²) in [5.74, 6) is -0.921. The first-order valence-corrected chi connectivity index (χ1v) is 17.9. The Bertz CT molecular complexity index is 2000. The van der Waals surface area contributed by atoms with Crippen LogP contribution in [0.15, 0.2) is 114 Å². The number of allylic oxidation sites excluding steroid dienone is 4. The van der Waals surface area contributed by atoms with Crippen LogP contribution in [0.2, 0.25) is 0 Å². The largest absolute Gasteiger partial charge is 0.482 e. The smallest absolute Gasteiger partial charge is 0.269 e. The van der Waals surface area contributed by atoms with Gasteiger partial charge in [-0.1, -0.05) is 90.1 Å². The predicted molar refractivity (Wildman–Crippen MR) is 203 cm³/mol. The zero-order chi connectivity index (χ0) is 36.8. The van der Waals surface area contributed by atoms with Crippen molar-refractivity contribution in [2.75, 3.05) is 29.6 Å². The molecule has 0 radical (unpaired) electrons. The molecule has 2 amide bonds. The molecule has 6 rings (SSSR count). The molecule has 3 atom stereocenters. The molecule has 1 unspecified atom stereocenters. The number of para-hydroxylation sites is 2. The number of benzene rings is 3. The van der Waals surface area contributed by atoms with Gasteiger partial charge in [-0.05, 0) is 75.9 Å². The Hall–Kier alpha value is -5.32. The fourth-order valence-corrected chi connectivity index (χ4v) is 6.86. The monoisotopic (exact) mass is 701 g/mol. The van der Waals surface area contributed by atoms with Crippen LogP contribution in [0.5, 0.6) is 5.75 Å². The molecular formula is C42H47N5O5. The summed E-state index contributed by atoms with van der Waals surface area (Å²) in [6, 6.07) is 22.5.